The van der Waals surface area contributed by atoms with Crippen LogP contribution >= 0.6 is 23.2 Å². The lowest BCUT2D eigenvalue weighted by atomic mass is 10.2. The highest BCUT2D eigenvalue weighted by molar-refractivity contribution is 6.35. The van der Waals surface area contributed by atoms with Gasteiger partial charge in [-0.05, 0) is 19.1 Å². The molecule has 1 amide bonds. The number of amides is 1. The largest absolute Gasteiger partial charge is 0.305 e. The predicted molar refractivity (Wildman–Crippen MR) is 70.2 cm³/mol. The van der Waals surface area contributed by atoms with E-state index in [1.54, 1.807) is 17.8 Å². The van der Waals surface area contributed by atoms with Crippen molar-refractivity contribution in [2.24, 2.45) is 7.05 Å². The monoisotopic (exact) mass is 284 g/mol. The highest BCUT2D eigenvalue weighted by Crippen LogP contribution is 2.18. The van der Waals surface area contributed by atoms with Crippen molar-refractivity contribution < 1.29 is 4.79 Å². The molecule has 2 heterocycles. The zero-order valence-corrected chi connectivity index (χ0v) is 11.2. The topological polar surface area (TPSA) is 59.8 Å². The normalized spacial score (nSPS) is 10.4. The molecule has 0 spiro atoms. The van der Waals surface area contributed by atoms with Crippen LogP contribution in [0.3, 0.4) is 0 Å². The molecule has 18 heavy (non-hydrogen) atoms. The minimum Gasteiger partial charge on any atom is -0.305 e. The molecule has 2 aromatic heterocycles. The Labute approximate surface area is 114 Å². The van der Waals surface area contributed by atoms with E-state index in [1.807, 2.05) is 6.92 Å². The van der Waals surface area contributed by atoms with Gasteiger partial charge in [-0.2, -0.15) is 5.10 Å². The molecule has 2 aromatic rings. The maximum Gasteiger partial charge on any atom is 0.259 e. The van der Waals surface area contributed by atoms with Gasteiger partial charge >= 0.3 is 0 Å². The fraction of sp³-hybridized carbons (Fsp3) is 0.182. The maximum absolute atomic E-state index is 11.9. The molecule has 0 fully saturated rings. The first-order chi connectivity index (χ1) is 8.47. The van der Waals surface area contributed by atoms with E-state index in [1.165, 1.54) is 12.1 Å². The van der Waals surface area contributed by atoms with E-state index in [0.717, 1.165) is 5.69 Å². The zero-order valence-electron chi connectivity index (χ0n) is 9.74. The number of halogens is 2. The molecule has 2 rings (SSSR count). The number of carbonyl (C=O) groups is 1. The summed E-state index contributed by atoms with van der Waals surface area (Å²) in [6.45, 7) is 1.89. The number of aryl methyl sites for hydroxylation is 2. The summed E-state index contributed by atoms with van der Waals surface area (Å²) < 4.78 is 1.66. The van der Waals surface area contributed by atoms with Crippen LogP contribution in [0.1, 0.15) is 16.1 Å². The molecule has 0 radical (unpaired) electrons. The van der Waals surface area contributed by atoms with Gasteiger partial charge in [0.25, 0.3) is 5.91 Å². The Morgan fingerprint density at radius 2 is 2.11 bits per heavy atom. The van der Waals surface area contributed by atoms with Crippen LogP contribution in [0.25, 0.3) is 0 Å². The second-order valence-corrected chi connectivity index (χ2v) is 4.47. The third kappa shape index (κ3) is 2.63. The van der Waals surface area contributed by atoms with E-state index in [0.29, 0.717) is 5.82 Å². The number of nitrogens with zero attached hydrogens (tertiary/aromatic N) is 3. The van der Waals surface area contributed by atoms with E-state index in [-0.39, 0.29) is 21.8 Å². The number of hydrogen-bond acceptors (Lipinski definition) is 3. The number of pyridine rings is 1. The SMILES string of the molecule is Cc1cc(NC(=O)c2ccc(Cl)nc2Cl)nn1C. The van der Waals surface area contributed by atoms with Crippen LogP contribution in [0, 0.1) is 6.92 Å². The Kier molecular flexibility index (Phi) is 3.54. The van der Waals surface area contributed by atoms with Crippen LogP contribution in [0.5, 0.6) is 0 Å². The molecule has 0 aliphatic carbocycles. The Bertz CT molecular complexity index is 590. The van der Waals surface area contributed by atoms with Crippen LogP contribution in [-0.2, 0) is 7.05 Å². The molecular weight excluding hydrogens is 275 g/mol. The molecule has 94 valence electrons. The number of anilines is 1. The van der Waals surface area contributed by atoms with Crippen molar-refractivity contribution in [2.75, 3.05) is 5.32 Å². The lowest BCUT2D eigenvalue weighted by molar-refractivity contribution is 0.102. The minimum absolute atomic E-state index is 0.0626. The molecular formula is C11H10Cl2N4O. The van der Waals surface area contributed by atoms with Gasteiger partial charge in [-0.3, -0.25) is 9.48 Å². The fourth-order valence-corrected chi connectivity index (χ4v) is 1.82. The Morgan fingerprint density at radius 3 is 2.67 bits per heavy atom. The number of aromatic nitrogens is 3. The van der Waals surface area contributed by atoms with Crippen molar-refractivity contribution in [3.8, 4) is 0 Å². The molecule has 1 N–H and O–H groups in total. The highest BCUT2D eigenvalue weighted by Gasteiger charge is 2.13. The summed E-state index contributed by atoms with van der Waals surface area (Å²) in [5, 5.41) is 7.06. The van der Waals surface area contributed by atoms with Gasteiger partial charge < -0.3 is 5.32 Å². The summed E-state index contributed by atoms with van der Waals surface area (Å²) in [4.78, 5) is 15.7. The number of nitrogens with one attached hydrogen (secondary N) is 1. The van der Waals surface area contributed by atoms with Crippen LogP contribution in [0.2, 0.25) is 10.3 Å². The molecule has 0 bridgehead atoms. The van der Waals surface area contributed by atoms with Crippen molar-refractivity contribution in [1.29, 1.82) is 0 Å². The zero-order chi connectivity index (χ0) is 13.3. The molecule has 5 nitrogen and oxygen atoms in total. The van der Waals surface area contributed by atoms with Crippen LogP contribution in [0.15, 0.2) is 18.2 Å². The third-order valence-corrected chi connectivity index (χ3v) is 2.91. The van der Waals surface area contributed by atoms with Crippen LogP contribution < -0.4 is 5.32 Å². The second kappa shape index (κ2) is 4.96. The van der Waals surface area contributed by atoms with Crippen LogP contribution in [0.4, 0.5) is 5.82 Å². The number of hydrogen-bond donors (Lipinski definition) is 1. The van der Waals surface area contributed by atoms with Gasteiger partial charge in [-0.15, -0.1) is 0 Å². The first kappa shape index (κ1) is 12.9. The summed E-state index contributed by atoms with van der Waals surface area (Å²) in [6.07, 6.45) is 0. The average molecular weight is 285 g/mol. The van der Waals surface area contributed by atoms with E-state index < -0.39 is 0 Å². The molecule has 0 saturated carbocycles. The van der Waals surface area contributed by atoms with Gasteiger partial charge in [-0.1, -0.05) is 23.2 Å². The molecule has 0 aliphatic rings. The van der Waals surface area contributed by atoms with E-state index >= 15 is 0 Å². The van der Waals surface area contributed by atoms with Crippen molar-refractivity contribution >= 4 is 34.9 Å². The number of rotatable bonds is 2. The van der Waals surface area contributed by atoms with Gasteiger partial charge in [-0.25, -0.2) is 4.98 Å². The number of carbonyl (C=O) groups excluding carboxylic acids is 1. The Morgan fingerprint density at radius 1 is 1.39 bits per heavy atom. The van der Waals surface area contributed by atoms with Crippen molar-refractivity contribution in [1.82, 2.24) is 14.8 Å². The van der Waals surface area contributed by atoms with Crippen LogP contribution in [-0.4, -0.2) is 20.7 Å². The predicted octanol–water partition coefficient (Wildman–Crippen LogP) is 2.68. The third-order valence-electron chi connectivity index (χ3n) is 2.41. The lowest BCUT2D eigenvalue weighted by Crippen LogP contribution is -2.13. The first-order valence-electron chi connectivity index (χ1n) is 5.11. The van der Waals surface area contributed by atoms with E-state index in [9.17, 15) is 4.79 Å². The van der Waals surface area contributed by atoms with Gasteiger partial charge in [0.15, 0.2) is 5.82 Å². The lowest BCUT2D eigenvalue weighted by Gasteiger charge is -2.03. The Hall–Kier alpha value is -1.59. The average Bonchev–Trinajstić information content (AvgIpc) is 2.57. The van der Waals surface area contributed by atoms with Gasteiger partial charge in [0.05, 0.1) is 5.56 Å². The van der Waals surface area contributed by atoms with E-state index in [4.69, 9.17) is 23.2 Å². The second-order valence-electron chi connectivity index (χ2n) is 3.72. The first-order valence-corrected chi connectivity index (χ1v) is 5.87. The quantitative estimate of drug-likeness (QED) is 0.863. The summed E-state index contributed by atoms with van der Waals surface area (Å²) in [5.74, 6) is 0.0910. The minimum atomic E-state index is -0.373. The summed E-state index contributed by atoms with van der Waals surface area (Å²) in [6, 6.07) is 4.78. The Balaban J connectivity index is 2.22. The molecule has 0 aromatic carbocycles. The smallest absolute Gasteiger partial charge is 0.259 e. The van der Waals surface area contributed by atoms with Gasteiger partial charge in [0.2, 0.25) is 0 Å². The van der Waals surface area contributed by atoms with Crippen molar-refractivity contribution in [3.05, 3.63) is 39.8 Å². The molecule has 0 aliphatic heterocycles. The molecule has 0 unspecified atom stereocenters. The molecule has 7 heteroatoms. The highest BCUT2D eigenvalue weighted by atomic mass is 35.5. The molecule has 0 atom stereocenters. The fourth-order valence-electron chi connectivity index (χ4n) is 1.39. The summed E-state index contributed by atoms with van der Waals surface area (Å²) in [5.41, 5.74) is 1.19. The standard InChI is InChI=1S/C11H10Cl2N4O/c1-6-5-9(16-17(6)2)15-11(18)7-3-4-8(12)14-10(7)13/h3-5H,1-2H3,(H,15,16,18). The van der Waals surface area contributed by atoms with Crippen molar-refractivity contribution in [2.45, 2.75) is 6.92 Å². The van der Waals surface area contributed by atoms with Crippen molar-refractivity contribution in [3.63, 3.8) is 0 Å². The van der Waals surface area contributed by atoms with Gasteiger partial charge in [0.1, 0.15) is 10.3 Å². The maximum atomic E-state index is 11.9. The van der Waals surface area contributed by atoms with E-state index in [2.05, 4.69) is 15.4 Å². The van der Waals surface area contributed by atoms with Gasteiger partial charge in [0, 0.05) is 18.8 Å². The summed E-state index contributed by atoms with van der Waals surface area (Å²) in [7, 11) is 1.79. The summed E-state index contributed by atoms with van der Waals surface area (Å²) >= 11 is 11.5. The molecule has 0 saturated heterocycles.